The molecule has 0 aliphatic heterocycles. The number of sulfone groups is 1. The van der Waals surface area contributed by atoms with E-state index < -0.39 is 26.6 Å². The molecule has 0 fully saturated rings. The fourth-order valence-corrected chi connectivity index (χ4v) is 3.83. The molecular weight excluding hydrogens is 371 g/mol. The van der Waals surface area contributed by atoms with Crippen LogP contribution in [-0.4, -0.2) is 14.3 Å². The highest BCUT2D eigenvalue weighted by atomic mass is 32.2. The minimum Gasteiger partial charge on any atom is -0.618 e. The Morgan fingerprint density at radius 2 is 1.67 bits per heavy atom. The first kappa shape index (κ1) is 18.5. The van der Waals surface area contributed by atoms with Crippen molar-refractivity contribution in [1.82, 2.24) is 0 Å². The van der Waals surface area contributed by atoms with Crippen molar-refractivity contribution in [1.29, 1.82) is 0 Å². The van der Waals surface area contributed by atoms with Crippen molar-refractivity contribution >= 4 is 21.4 Å². The smallest absolute Gasteiger partial charge is 0.308 e. The van der Waals surface area contributed by atoms with Gasteiger partial charge in [-0.3, -0.25) is 4.79 Å². The zero-order valence-electron chi connectivity index (χ0n) is 14.0. The predicted octanol–water partition coefficient (Wildman–Crippen LogP) is 2.69. The average Bonchev–Trinajstić information content (AvgIpc) is 2.63. The summed E-state index contributed by atoms with van der Waals surface area (Å²) in [6, 6.07) is 15.9. The normalized spacial score (nSPS) is 11.1. The van der Waals surface area contributed by atoms with E-state index in [2.05, 4.69) is 5.32 Å². The molecule has 0 bridgehead atoms. The van der Waals surface area contributed by atoms with Crippen LogP contribution in [-0.2, 0) is 15.6 Å². The number of nitrogens with one attached hydrogen (secondary N) is 1. The number of benzene rings is 2. The lowest BCUT2D eigenvalue weighted by Gasteiger charge is -2.08. The Morgan fingerprint density at radius 3 is 2.30 bits per heavy atom. The summed E-state index contributed by atoms with van der Waals surface area (Å²) in [5.41, 5.74) is 0.878. The Balaban J connectivity index is 1.80. The number of pyridine rings is 1. The van der Waals surface area contributed by atoms with Crippen LogP contribution < -0.4 is 10.0 Å². The molecular formula is C19H15FN2O4S. The van der Waals surface area contributed by atoms with Crippen molar-refractivity contribution in [3.05, 3.63) is 95.1 Å². The quantitative estimate of drug-likeness (QED) is 0.539. The minimum atomic E-state index is -3.87. The van der Waals surface area contributed by atoms with E-state index in [1.54, 1.807) is 30.3 Å². The molecule has 1 heterocycles. The van der Waals surface area contributed by atoms with E-state index in [4.69, 9.17) is 0 Å². The molecule has 8 heteroatoms. The van der Waals surface area contributed by atoms with Crippen LogP contribution in [0.4, 0.5) is 10.1 Å². The van der Waals surface area contributed by atoms with Gasteiger partial charge in [-0.25, -0.2) is 12.8 Å². The lowest BCUT2D eigenvalue weighted by Crippen LogP contribution is -2.35. The summed E-state index contributed by atoms with van der Waals surface area (Å²) < 4.78 is 38.0. The number of hydrogen-bond acceptors (Lipinski definition) is 4. The van der Waals surface area contributed by atoms with Gasteiger partial charge in [0.2, 0.25) is 9.84 Å². The third-order valence-corrected chi connectivity index (χ3v) is 5.43. The first-order valence-electron chi connectivity index (χ1n) is 7.92. The zero-order chi connectivity index (χ0) is 19.4. The van der Waals surface area contributed by atoms with E-state index in [0.717, 1.165) is 12.3 Å². The predicted molar refractivity (Wildman–Crippen MR) is 97.1 cm³/mol. The number of anilines is 1. The number of aromatic nitrogens is 1. The highest BCUT2D eigenvalue weighted by Gasteiger charge is 2.25. The van der Waals surface area contributed by atoms with Gasteiger partial charge in [0.1, 0.15) is 11.4 Å². The fraction of sp³-hybridized carbons (Fsp3) is 0.0526. The van der Waals surface area contributed by atoms with Crippen LogP contribution >= 0.6 is 0 Å². The molecule has 0 radical (unpaired) electrons. The van der Waals surface area contributed by atoms with Crippen LogP contribution in [0.5, 0.6) is 0 Å². The van der Waals surface area contributed by atoms with Crippen molar-refractivity contribution in [2.24, 2.45) is 0 Å². The molecule has 2 aromatic carbocycles. The Kier molecular flexibility index (Phi) is 5.18. The molecule has 1 amide bonds. The van der Waals surface area contributed by atoms with Crippen LogP contribution in [0.25, 0.3) is 0 Å². The third kappa shape index (κ3) is 4.48. The summed E-state index contributed by atoms with van der Waals surface area (Å²) in [5, 5.41) is 14.2. The molecule has 0 atom stereocenters. The summed E-state index contributed by atoms with van der Waals surface area (Å²) in [4.78, 5) is 12.2. The van der Waals surface area contributed by atoms with E-state index in [0.29, 0.717) is 11.3 Å². The second-order valence-electron chi connectivity index (χ2n) is 5.79. The lowest BCUT2D eigenvalue weighted by molar-refractivity contribution is -0.646. The standard InChI is InChI=1S/C19H15FN2O4S/c20-16-7-9-17(10-8-16)21-19(23)15-6-11-18(22(24)12-15)27(25,26)13-14-4-2-1-3-5-14/h1-12H,13H2,(H,21,23). The van der Waals surface area contributed by atoms with Crippen molar-refractivity contribution in [2.45, 2.75) is 10.8 Å². The molecule has 27 heavy (non-hydrogen) atoms. The third-order valence-electron chi connectivity index (χ3n) is 3.76. The summed E-state index contributed by atoms with van der Waals surface area (Å²) in [6.45, 7) is 0. The second-order valence-corrected chi connectivity index (χ2v) is 7.72. The number of halogens is 1. The maximum absolute atomic E-state index is 12.9. The largest absolute Gasteiger partial charge is 0.618 e. The van der Waals surface area contributed by atoms with Crippen molar-refractivity contribution in [3.8, 4) is 0 Å². The Morgan fingerprint density at radius 1 is 1.00 bits per heavy atom. The van der Waals surface area contributed by atoms with E-state index in [1.165, 1.54) is 30.3 Å². The van der Waals surface area contributed by atoms with Crippen LogP contribution in [0.1, 0.15) is 15.9 Å². The summed E-state index contributed by atoms with van der Waals surface area (Å²) in [7, 11) is -3.87. The van der Waals surface area contributed by atoms with Gasteiger partial charge in [-0.2, -0.15) is 4.73 Å². The molecule has 0 aliphatic rings. The van der Waals surface area contributed by atoms with E-state index in [1.807, 2.05) is 0 Å². The molecule has 0 aliphatic carbocycles. The highest BCUT2D eigenvalue weighted by molar-refractivity contribution is 7.90. The molecule has 3 rings (SSSR count). The molecule has 0 saturated carbocycles. The molecule has 0 unspecified atom stereocenters. The molecule has 1 N–H and O–H groups in total. The number of carbonyl (C=O) groups is 1. The first-order chi connectivity index (χ1) is 12.8. The van der Waals surface area contributed by atoms with E-state index >= 15 is 0 Å². The monoisotopic (exact) mass is 386 g/mol. The van der Waals surface area contributed by atoms with E-state index in [9.17, 15) is 22.8 Å². The summed E-state index contributed by atoms with van der Waals surface area (Å²) >= 11 is 0. The second kappa shape index (κ2) is 7.55. The molecule has 1 aromatic heterocycles. The van der Waals surface area contributed by atoms with Gasteiger partial charge in [0.15, 0.2) is 6.20 Å². The summed E-state index contributed by atoms with van der Waals surface area (Å²) in [5.74, 6) is -1.38. The van der Waals surface area contributed by atoms with E-state index in [-0.39, 0.29) is 16.0 Å². The number of amides is 1. The number of hydrogen-bond donors (Lipinski definition) is 1. The SMILES string of the molecule is O=C(Nc1ccc(F)cc1)c1ccc(S(=O)(=O)Cc2ccccc2)[n+]([O-])c1. The van der Waals surface area contributed by atoms with Gasteiger partial charge >= 0.3 is 5.03 Å². The number of carbonyl (C=O) groups excluding carboxylic acids is 1. The van der Waals surface area contributed by atoms with Crippen LogP contribution in [0.3, 0.4) is 0 Å². The Bertz CT molecular complexity index is 1070. The van der Waals surface area contributed by atoms with Gasteiger partial charge < -0.3 is 10.5 Å². The number of nitrogens with zero attached hydrogens (tertiary/aromatic N) is 1. The minimum absolute atomic E-state index is 0.0204. The van der Waals surface area contributed by atoms with Crippen LogP contribution in [0.2, 0.25) is 0 Å². The van der Waals surface area contributed by atoms with Gasteiger partial charge in [-0.05, 0) is 35.9 Å². The first-order valence-corrected chi connectivity index (χ1v) is 9.57. The average molecular weight is 386 g/mol. The van der Waals surface area contributed by atoms with Gasteiger partial charge in [0.25, 0.3) is 5.91 Å². The van der Waals surface area contributed by atoms with Crippen LogP contribution in [0.15, 0.2) is 78.0 Å². The number of rotatable bonds is 5. The zero-order valence-corrected chi connectivity index (χ0v) is 14.8. The lowest BCUT2D eigenvalue weighted by atomic mass is 10.2. The molecule has 3 aromatic rings. The molecule has 0 saturated heterocycles. The van der Waals surface area contributed by atoms with Crippen LogP contribution in [0, 0.1) is 11.0 Å². The van der Waals surface area contributed by atoms with Gasteiger partial charge in [-0.1, -0.05) is 30.3 Å². The molecule has 138 valence electrons. The highest BCUT2D eigenvalue weighted by Crippen LogP contribution is 2.15. The molecule has 0 spiro atoms. The molecule has 6 nitrogen and oxygen atoms in total. The van der Waals surface area contributed by atoms with Crippen molar-refractivity contribution in [3.63, 3.8) is 0 Å². The van der Waals surface area contributed by atoms with Gasteiger partial charge in [0, 0.05) is 11.8 Å². The van der Waals surface area contributed by atoms with Crippen molar-refractivity contribution < 1.29 is 22.3 Å². The van der Waals surface area contributed by atoms with Gasteiger partial charge in [-0.15, -0.1) is 0 Å². The maximum Gasteiger partial charge on any atom is 0.308 e. The maximum atomic E-state index is 12.9. The van der Waals surface area contributed by atoms with Crippen molar-refractivity contribution in [2.75, 3.05) is 5.32 Å². The Hall–Kier alpha value is -3.26. The Labute approximate surface area is 155 Å². The summed E-state index contributed by atoms with van der Waals surface area (Å²) in [6.07, 6.45) is 0.900. The topological polar surface area (TPSA) is 90.2 Å². The van der Waals surface area contributed by atoms with Gasteiger partial charge in [0.05, 0.1) is 5.75 Å². The fourth-order valence-electron chi connectivity index (χ4n) is 2.45.